The van der Waals surface area contributed by atoms with E-state index >= 15 is 0 Å². The first-order valence-corrected chi connectivity index (χ1v) is 7.15. The molecule has 0 unspecified atom stereocenters. The van der Waals surface area contributed by atoms with Crippen LogP contribution in [0.1, 0.15) is 26.7 Å². The van der Waals surface area contributed by atoms with E-state index in [1.165, 1.54) is 4.31 Å². The molecule has 1 heterocycles. The van der Waals surface area contributed by atoms with E-state index < -0.39 is 15.6 Å². The topological polar surface area (TPSA) is 57.6 Å². The summed E-state index contributed by atoms with van der Waals surface area (Å²) in [4.78, 5) is 0. The van der Waals surface area contributed by atoms with Gasteiger partial charge in [-0.3, -0.25) is 0 Å². The first-order chi connectivity index (χ1) is 6.83. The molecule has 1 N–H and O–H groups in total. The molecular formula is C10H19NO3S. The van der Waals surface area contributed by atoms with Crippen LogP contribution in [0.3, 0.4) is 0 Å². The molecule has 2 fully saturated rings. The molecule has 0 bridgehead atoms. The average Bonchev–Trinajstić information content (AvgIpc) is 2.77. The van der Waals surface area contributed by atoms with Gasteiger partial charge in [0.15, 0.2) is 0 Å². The molecule has 15 heavy (non-hydrogen) atoms. The maximum atomic E-state index is 11.8. The zero-order valence-corrected chi connectivity index (χ0v) is 10.1. The third kappa shape index (κ3) is 2.19. The third-order valence-corrected chi connectivity index (χ3v) is 5.31. The van der Waals surface area contributed by atoms with Crippen molar-refractivity contribution in [2.75, 3.05) is 18.8 Å². The van der Waals surface area contributed by atoms with Gasteiger partial charge >= 0.3 is 0 Å². The molecule has 0 atom stereocenters. The van der Waals surface area contributed by atoms with E-state index in [0.717, 1.165) is 12.8 Å². The number of rotatable bonds is 4. The highest BCUT2D eigenvalue weighted by molar-refractivity contribution is 7.89. The van der Waals surface area contributed by atoms with Crippen LogP contribution >= 0.6 is 0 Å². The lowest BCUT2D eigenvalue weighted by Gasteiger charge is -2.46. The molecule has 1 saturated carbocycles. The van der Waals surface area contributed by atoms with Crippen molar-refractivity contribution in [1.82, 2.24) is 4.31 Å². The molecule has 0 aromatic carbocycles. The van der Waals surface area contributed by atoms with Gasteiger partial charge in [-0.15, -0.1) is 0 Å². The van der Waals surface area contributed by atoms with Gasteiger partial charge in [0, 0.05) is 13.1 Å². The average molecular weight is 233 g/mol. The van der Waals surface area contributed by atoms with Gasteiger partial charge in [0.05, 0.1) is 11.4 Å². The molecule has 5 heteroatoms. The second-order valence-electron chi connectivity index (χ2n) is 5.32. The predicted molar refractivity (Wildman–Crippen MR) is 57.9 cm³/mol. The van der Waals surface area contributed by atoms with Gasteiger partial charge in [-0.2, -0.15) is 4.31 Å². The van der Waals surface area contributed by atoms with Crippen LogP contribution in [0.15, 0.2) is 0 Å². The van der Waals surface area contributed by atoms with Gasteiger partial charge in [0.1, 0.15) is 0 Å². The van der Waals surface area contributed by atoms with Crippen molar-refractivity contribution in [2.24, 2.45) is 11.8 Å². The highest BCUT2D eigenvalue weighted by Crippen LogP contribution is 2.45. The molecule has 0 radical (unpaired) electrons. The highest BCUT2D eigenvalue weighted by atomic mass is 32.2. The summed E-state index contributed by atoms with van der Waals surface area (Å²) in [6, 6.07) is 0. The zero-order chi connectivity index (χ0) is 11.3. The van der Waals surface area contributed by atoms with Gasteiger partial charge in [-0.25, -0.2) is 8.42 Å². The summed E-state index contributed by atoms with van der Waals surface area (Å²) in [5, 5.41) is 10.0. The Balaban J connectivity index is 1.93. The normalized spacial score (nSPS) is 26.7. The van der Waals surface area contributed by atoms with Crippen LogP contribution in [-0.2, 0) is 10.0 Å². The van der Waals surface area contributed by atoms with Gasteiger partial charge in [-0.05, 0) is 24.7 Å². The number of β-amino-alcohol motifs (C(OH)–C–C–N with tert-alkyl or cyclic N) is 1. The molecular weight excluding hydrogens is 214 g/mol. The summed E-state index contributed by atoms with van der Waals surface area (Å²) in [7, 11) is -3.13. The van der Waals surface area contributed by atoms with Gasteiger partial charge in [0.25, 0.3) is 0 Å². The van der Waals surface area contributed by atoms with Crippen molar-refractivity contribution in [2.45, 2.75) is 32.3 Å². The van der Waals surface area contributed by atoms with E-state index in [2.05, 4.69) is 0 Å². The highest BCUT2D eigenvalue weighted by Gasteiger charge is 2.54. The fourth-order valence-electron chi connectivity index (χ4n) is 2.17. The summed E-state index contributed by atoms with van der Waals surface area (Å²) >= 11 is 0. The summed E-state index contributed by atoms with van der Waals surface area (Å²) in [6.45, 7) is 4.41. The standard InChI is InChI=1S/C10H19NO3S/c1-8(2)5-15(13,14)11-6-10(12,7-11)9-3-4-9/h8-9,12H,3-7H2,1-2H3. The summed E-state index contributed by atoms with van der Waals surface area (Å²) < 4.78 is 25.0. The summed E-state index contributed by atoms with van der Waals surface area (Å²) in [5.41, 5.74) is -0.704. The molecule has 88 valence electrons. The van der Waals surface area contributed by atoms with E-state index in [1.807, 2.05) is 13.8 Å². The minimum Gasteiger partial charge on any atom is -0.387 e. The Kier molecular flexibility index (Phi) is 2.60. The second-order valence-corrected chi connectivity index (χ2v) is 7.33. The quantitative estimate of drug-likeness (QED) is 0.766. The van der Waals surface area contributed by atoms with Crippen LogP contribution in [0.2, 0.25) is 0 Å². The Labute approximate surface area is 91.3 Å². The van der Waals surface area contributed by atoms with Gasteiger partial charge < -0.3 is 5.11 Å². The maximum Gasteiger partial charge on any atom is 0.214 e. The molecule has 2 aliphatic rings. The number of hydrogen-bond acceptors (Lipinski definition) is 3. The number of aliphatic hydroxyl groups is 1. The Morgan fingerprint density at radius 3 is 2.33 bits per heavy atom. The number of hydrogen-bond donors (Lipinski definition) is 1. The monoisotopic (exact) mass is 233 g/mol. The lowest BCUT2D eigenvalue weighted by molar-refractivity contribution is -0.0765. The van der Waals surface area contributed by atoms with Crippen molar-refractivity contribution in [3.05, 3.63) is 0 Å². The van der Waals surface area contributed by atoms with Crippen molar-refractivity contribution in [3.8, 4) is 0 Å². The van der Waals surface area contributed by atoms with Crippen molar-refractivity contribution in [3.63, 3.8) is 0 Å². The largest absolute Gasteiger partial charge is 0.387 e. The second kappa shape index (κ2) is 3.43. The molecule has 0 spiro atoms. The van der Waals surface area contributed by atoms with Crippen LogP contribution in [0.25, 0.3) is 0 Å². The van der Waals surface area contributed by atoms with E-state index in [4.69, 9.17) is 0 Å². The summed E-state index contributed by atoms with van der Waals surface area (Å²) in [6.07, 6.45) is 2.10. The Hall–Kier alpha value is -0.130. The number of sulfonamides is 1. The van der Waals surface area contributed by atoms with Gasteiger partial charge in [0.2, 0.25) is 10.0 Å². The van der Waals surface area contributed by atoms with E-state index in [-0.39, 0.29) is 11.7 Å². The van der Waals surface area contributed by atoms with Crippen molar-refractivity contribution >= 4 is 10.0 Å². The van der Waals surface area contributed by atoms with Crippen molar-refractivity contribution in [1.29, 1.82) is 0 Å². The zero-order valence-electron chi connectivity index (χ0n) is 9.31. The Bertz CT molecular complexity index is 340. The van der Waals surface area contributed by atoms with E-state index in [1.54, 1.807) is 0 Å². The molecule has 0 amide bonds. The van der Waals surface area contributed by atoms with Crippen LogP contribution in [0.5, 0.6) is 0 Å². The first-order valence-electron chi connectivity index (χ1n) is 5.54. The van der Waals surface area contributed by atoms with Crippen LogP contribution in [0, 0.1) is 11.8 Å². The fourth-order valence-corrected chi connectivity index (χ4v) is 4.06. The Morgan fingerprint density at radius 2 is 1.93 bits per heavy atom. The third-order valence-electron chi connectivity index (χ3n) is 3.17. The molecule has 1 aliphatic heterocycles. The van der Waals surface area contributed by atoms with E-state index in [0.29, 0.717) is 19.0 Å². The molecule has 2 rings (SSSR count). The SMILES string of the molecule is CC(C)CS(=O)(=O)N1CC(O)(C2CC2)C1. The van der Waals surface area contributed by atoms with E-state index in [9.17, 15) is 13.5 Å². The van der Waals surface area contributed by atoms with Crippen LogP contribution < -0.4 is 0 Å². The van der Waals surface area contributed by atoms with Crippen LogP contribution in [0.4, 0.5) is 0 Å². The maximum absolute atomic E-state index is 11.8. The molecule has 1 aliphatic carbocycles. The number of nitrogens with zero attached hydrogens (tertiary/aromatic N) is 1. The minimum atomic E-state index is -3.13. The molecule has 4 nitrogen and oxygen atoms in total. The Morgan fingerprint density at radius 1 is 1.40 bits per heavy atom. The minimum absolute atomic E-state index is 0.143. The van der Waals surface area contributed by atoms with Gasteiger partial charge in [-0.1, -0.05) is 13.8 Å². The predicted octanol–water partition coefficient (Wildman–Crippen LogP) is 0.429. The molecule has 0 aromatic rings. The smallest absolute Gasteiger partial charge is 0.214 e. The lowest BCUT2D eigenvalue weighted by atomic mass is 9.91. The lowest BCUT2D eigenvalue weighted by Crippen LogP contribution is -2.65. The first kappa shape index (κ1) is 11.4. The summed E-state index contributed by atoms with van der Waals surface area (Å²) in [5.74, 6) is 0.681. The fraction of sp³-hybridized carbons (Fsp3) is 1.00. The molecule has 1 saturated heterocycles. The van der Waals surface area contributed by atoms with Crippen LogP contribution in [-0.4, -0.2) is 42.3 Å². The van der Waals surface area contributed by atoms with Crippen molar-refractivity contribution < 1.29 is 13.5 Å². The molecule has 0 aromatic heterocycles.